The van der Waals surface area contributed by atoms with Crippen LogP contribution in [0.25, 0.3) is 0 Å². The molecule has 0 unspecified atom stereocenters. The Balaban J connectivity index is 2.10. The van der Waals surface area contributed by atoms with Crippen LogP contribution in [0, 0.1) is 6.92 Å². The summed E-state index contributed by atoms with van der Waals surface area (Å²) in [7, 11) is 0. The zero-order valence-electron chi connectivity index (χ0n) is 9.50. The first kappa shape index (κ1) is 12.5. The van der Waals surface area contributed by atoms with Gasteiger partial charge in [-0.05, 0) is 52.2 Å². The van der Waals surface area contributed by atoms with Crippen molar-refractivity contribution in [2.45, 2.75) is 13.5 Å². The Morgan fingerprint density at radius 2 is 1.94 bits per heavy atom. The monoisotopic (exact) mass is 309 g/mol. The molecule has 0 aromatic heterocycles. The summed E-state index contributed by atoms with van der Waals surface area (Å²) in [5.74, 6) is 0. The third kappa shape index (κ3) is 3.24. The second-order valence-electron chi connectivity index (χ2n) is 3.93. The molecule has 0 bridgehead atoms. The number of benzene rings is 2. The van der Waals surface area contributed by atoms with E-state index in [0.717, 1.165) is 27.3 Å². The van der Waals surface area contributed by atoms with Crippen LogP contribution in [-0.2, 0) is 6.54 Å². The van der Waals surface area contributed by atoms with E-state index in [9.17, 15) is 0 Å². The maximum absolute atomic E-state index is 6.18. The van der Waals surface area contributed by atoms with Gasteiger partial charge in [0.1, 0.15) is 0 Å². The third-order valence-corrected chi connectivity index (χ3v) is 3.60. The number of halogens is 2. The molecule has 0 heterocycles. The van der Waals surface area contributed by atoms with E-state index in [1.54, 1.807) is 0 Å². The van der Waals surface area contributed by atoms with E-state index in [2.05, 4.69) is 33.4 Å². The standard InChI is InChI=1S/C14H13BrClN/c1-10-6-7-11(13(16)8-10)9-17-14-5-3-2-4-12(14)15/h2-8,17H,9H2,1H3. The number of para-hydroxylation sites is 1. The fraction of sp³-hybridized carbons (Fsp3) is 0.143. The highest BCUT2D eigenvalue weighted by Gasteiger charge is 2.02. The van der Waals surface area contributed by atoms with Crippen LogP contribution in [0.4, 0.5) is 5.69 Å². The SMILES string of the molecule is Cc1ccc(CNc2ccccc2Br)c(Cl)c1. The maximum atomic E-state index is 6.18. The van der Waals surface area contributed by atoms with E-state index < -0.39 is 0 Å². The summed E-state index contributed by atoms with van der Waals surface area (Å²) in [6, 6.07) is 14.2. The van der Waals surface area contributed by atoms with Crippen molar-refractivity contribution in [3.63, 3.8) is 0 Å². The fourth-order valence-electron chi connectivity index (χ4n) is 1.59. The van der Waals surface area contributed by atoms with Crippen LogP contribution in [0.15, 0.2) is 46.9 Å². The van der Waals surface area contributed by atoms with E-state index in [1.165, 1.54) is 5.56 Å². The molecule has 0 radical (unpaired) electrons. The lowest BCUT2D eigenvalue weighted by atomic mass is 10.1. The molecule has 1 nitrogen and oxygen atoms in total. The van der Waals surface area contributed by atoms with Crippen molar-refractivity contribution in [2.24, 2.45) is 0 Å². The molecular formula is C14H13BrClN. The molecule has 0 saturated carbocycles. The highest BCUT2D eigenvalue weighted by Crippen LogP contribution is 2.23. The molecule has 0 spiro atoms. The highest BCUT2D eigenvalue weighted by atomic mass is 79.9. The van der Waals surface area contributed by atoms with Crippen LogP contribution in [0.1, 0.15) is 11.1 Å². The molecule has 3 heteroatoms. The average Bonchev–Trinajstić information content (AvgIpc) is 2.30. The lowest BCUT2D eigenvalue weighted by molar-refractivity contribution is 1.14. The Labute approximate surface area is 115 Å². The van der Waals surface area contributed by atoms with E-state index in [-0.39, 0.29) is 0 Å². The van der Waals surface area contributed by atoms with Crippen molar-refractivity contribution in [2.75, 3.05) is 5.32 Å². The van der Waals surface area contributed by atoms with Crippen molar-refractivity contribution in [1.29, 1.82) is 0 Å². The number of anilines is 1. The van der Waals surface area contributed by atoms with Crippen molar-refractivity contribution >= 4 is 33.2 Å². The van der Waals surface area contributed by atoms with Gasteiger partial charge < -0.3 is 5.32 Å². The molecule has 17 heavy (non-hydrogen) atoms. The molecule has 0 saturated heterocycles. The Morgan fingerprint density at radius 3 is 2.65 bits per heavy atom. The summed E-state index contributed by atoms with van der Waals surface area (Å²) in [6.45, 7) is 2.76. The third-order valence-electron chi connectivity index (χ3n) is 2.55. The first-order valence-electron chi connectivity index (χ1n) is 5.40. The van der Waals surface area contributed by atoms with Crippen molar-refractivity contribution in [3.05, 3.63) is 63.1 Å². The van der Waals surface area contributed by atoms with E-state index in [4.69, 9.17) is 11.6 Å². The van der Waals surface area contributed by atoms with E-state index in [0.29, 0.717) is 0 Å². The zero-order valence-corrected chi connectivity index (χ0v) is 11.8. The molecule has 0 atom stereocenters. The first-order valence-corrected chi connectivity index (χ1v) is 6.57. The Kier molecular flexibility index (Phi) is 4.08. The summed E-state index contributed by atoms with van der Waals surface area (Å²) in [4.78, 5) is 0. The van der Waals surface area contributed by atoms with Gasteiger partial charge in [0.25, 0.3) is 0 Å². The fourth-order valence-corrected chi connectivity index (χ4v) is 2.32. The van der Waals surface area contributed by atoms with Gasteiger partial charge in [0.05, 0.1) is 0 Å². The minimum Gasteiger partial charge on any atom is -0.380 e. The summed E-state index contributed by atoms with van der Waals surface area (Å²) in [5.41, 5.74) is 3.36. The number of nitrogens with one attached hydrogen (secondary N) is 1. The quantitative estimate of drug-likeness (QED) is 0.839. The molecule has 0 fully saturated rings. The van der Waals surface area contributed by atoms with E-state index in [1.807, 2.05) is 37.3 Å². The van der Waals surface area contributed by atoms with Gasteiger partial charge in [0, 0.05) is 21.7 Å². The van der Waals surface area contributed by atoms with Crippen LogP contribution in [-0.4, -0.2) is 0 Å². The van der Waals surface area contributed by atoms with Crippen molar-refractivity contribution in [1.82, 2.24) is 0 Å². The molecule has 0 amide bonds. The van der Waals surface area contributed by atoms with Crippen LogP contribution >= 0.6 is 27.5 Å². The van der Waals surface area contributed by atoms with Crippen molar-refractivity contribution < 1.29 is 0 Å². The lowest BCUT2D eigenvalue weighted by Crippen LogP contribution is -2.00. The summed E-state index contributed by atoms with van der Waals surface area (Å²) < 4.78 is 1.06. The number of aryl methyl sites for hydroxylation is 1. The summed E-state index contributed by atoms with van der Waals surface area (Å²) in [5, 5.41) is 4.17. The van der Waals surface area contributed by atoms with Crippen LogP contribution < -0.4 is 5.32 Å². The molecule has 2 aromatic rings. The Hall–Kier alpha value is -0.990. The molecule has 0 aliphatic heterocycles. The minimum atomic E-state index is 0.724. The van der Waals surface area contributed by atoms with Gasteiger partial charge in [-0.3, -0.25) is 0 Å². The predicted octanol–water partition coefficient (Wildman–Crippen LogP) is 5.02. The number of rotatable bonds is 3. The van der Waals surface area contributed by atoms with Gasteiger partial charge >= 0.3 is 0 Å². The smallest absolute Gasteiger partial charge is 0.0487 e. The van der Waals surface area contributed by atoms with Gasteiger partial charge in [0.2, 0.25) is 0 Å². The largest absolute Gasteiger partial charge is 0.380 e. The molecule has 2 rings (SSSR count). The number of hydrogen-bond acceptors (Lipinski definition) is 1. The summed E-state index contributed by atoms with van der Waals surface area (Å²) in [6.07, 6.45) is 0. The molecule has 2 aromatic carbocycles. The number of hydrogen-bond donors (Lipinski definition) is 1. The second kappa shape index (κ2) is 5.56. The lowest BCUT2D eigenvalue weighted by Gasteiger charge is -2.10. The molecule has 0 aliphatic carbocycles. The predicted molar refractivity (Wildman–Crippen MR) is 77.7 cm³/mol. The molecular weight excluding hydrogens is 298 g/mol. The topological polar surface area (TPSA) is 12.0 Å². The van der Waals surface area contributed by atoms with Crippen LogP contribution in [0.2, 0.25) is 5.02 Å². The minimum absolute atomic E-state index is 0.724. The molecule has 0 aliphatic rings. The average molecular weight is 311 g/mol. The Morgan fingerprint density at radius 1 is 1.18 bits per heavy atom. The maximum Gasteiger partial charge on any atom is 0.0487 e. The van der Waals surface area contributed by atoms with E-state index >= 15 is 0 Å². The molecule has 88 valence electrons. The van der Waals surface area contributed by atoms with Crippen molar-refractivity contribution in [3.8, 4) is 0 Å². The van der Waals surface area contributed by atoms with Gasteiger partial charge in [-0.2, -0.15) is 0 Å². The van der Waals surface area contributed by atoms with Crippen LogP contribution in [0.5, 0.6) is 0 Å². The molecule has 1 N–H and O–H groups in total. The van der Waals surface area contributed by atoms with Gasteiger partial charge in [0.15, 0.2) is 0 Å². The van der Waals surface area contributed by atoms with Gasteiger partial charge in [-0.15, -0.1) is 0 Å². The Bertz CT molecular complexity index is 525. The highest BCUT2D eigenvalue weighted by molar-refractivity contribution is 9.10. The second-order valence-corrected chi connectivity index (χ2v) is 5.19. The zero-order chi connectivity index (χ0) is 12.3. The van der Waals surface area contributed by atoms with Gasteiger partial charge in [-0.1, -0.05) is 35.9 Å². The summed E-state index contributed by atoms with van der Waals surface area (Å²) >= 11 is 9.69. The normalized spacial score (nSPS) is 10.3. The van der Waals surface area contributed by atoms with Gasteiger partial charge in [-0.25, -0.2) is 0 Å². The van der Waals surface area contributed by atoms with Crippen LogP contribution in [0.3, 0.4) is 0 Å². The first-order chi connectivity index (χ1) is 8.16.